The third kappa shape index (κ3) is 2.14. The van der Waals surface area contributed by atoms with E-state index in [1.165, 1.54) is 45.3 Å². The Morgan fingerprint density at radius 2 is 1.62 bits per heavy atom. The monoisotopic (exact) mass is 224 g/mol. The lowest BCUT2D eigenvalue weighted by Crippen LogP contribution is -2.60. The maximum Gasteiger partial charge on any atom is 0.0190 e. The van der Waals surface area contributed by atoms with E-state index in [2.05, 4.69) is 37.6 Å². The summed E-state index contributed by atoms with van der Waals surface area (Å²) in [6.45, 7) is 11.2. The molecule has 2 rings (SSSR count). The van der Waals surface area contributed by atoms with Crippen molar-refractivity contribution in [1.29, 1.82) is 0 Å². The Morgan fingerprint density at radius 1 is 1.00 bits per heavy atom. The van der Waals surface area contributed by atoms with Gasteiger partial charge in [0, 0.05) is 11.6 Å². The molecule has 0 aromatic heterocycles. The molecule has 2 saturated heterocycles. The zero-order valence-electron chi connectivity index (χ0n) is 11.5. The van der Waals surface area contributed by atoms with Gasteiger partial charge in [-0.05, 0) is 65.7 Å². The van der Waals surface area contributed by atoms with Crippen LogP contribution < -0.4 is 0 Å². The second-order valence-corrected chi connectivity index (χ2v) is 6.32. The van der Waals surface area contributed by atoms with Crippen molar-refractivity contribution in [2.24, 2.45) is 5.92 Å². The number of hydrogen-bond acceptors (Lipinski definition) is 2. The summed E-state index contributed by atoms with van der Waals surface area (Å²) >= 11 is 0. The van der Waals surface area contributed by atoms with Crippen LogP contribution in [0.1, 0.15) is 46.5 Å². The topological polar surface area (TPSA) is 6.48 Å². The van der Waals surface area contributed by atoms with Crippen LogP contribution in [-0.2, 0) is 0 Å². The zero-order valence-corrected chi connectivity index (χ0v) is 11.5. The molecule has 2 heterocycles. The zero-order chi connectivity index (χ0) is 11.8. The third-order valence-electron chi connectivity index (χ3n) is 5.30. The van der Waals surface area contributed by atoms with Gasteiger partial charge in [0.15, 0.2) is 0 Å². The van der Waals surface area contributed by atoms with Gasteiger partial charge in [-0.2, -0.15) is 0 Å². The molecule has 2 aliphatic rings. The predicted molar refractivity (Wildman–Crippen MR) is 69.7 cm³/mol. The SMILES string of the molecule is CC1C(N2CCCCC2)CCN(C)C1(C)C. The predicted octanol–water partition coefficient (Wildman–Crippen LogP) is 2.59. The fourth-order valence-corrected chi connectivity index (χ4v) is 3.43. The van der Waals surface area contributed by atoms with E-state index >= 15 is 0 Å². The lowest BCUT2D eigenvalue weighted by molar-refractivity contribution is -0.0225. The Morgan fingerprint density at radius 3 is 2.25 bits per heavy atom. The van der Waals surface area contributed by atoms with Crippen LogP contribution in [0, 0.1) is 5.92 Å². The molecule has 2 fully saturated rings. The maximum atomic E-state index is 2.77. The van der Waals surface area contributed by atoms with E-state index in [9.17, 15) is 0 Å². The molecule has 0 radical (unpaired) electrons. The molecule has 0 aliphatic carbocycles. The highest BCUT2D eigenvalue weighted by Crippen LogP contribution is 2.35. The molecule has 16 heavy (non-hydrogen) atoms. The molecular weight excluding hydrogens is 196 g/mol. The summed E-state index contributed by atoms with van der Waals surface area (Å²) in [6, 6.07) is 0.825. The summed E-state index contributed by atoms with van der Waals surface area (Å²) in [4.78, 5) is 5.31. The summed E-state index contributed by atoms with van der Waals surface area (Å²) in [7, 11) is 2.28. The van der Waals surface area contributed by atoms with Gasteiger partial charge in [0.1, 0.15) is 0 Å². The van der Waals surface area contributed by atoms with Crippen LogP contribution >= 0.6 is 0 Å². The van der Waals surface area contributed by atoms with Crippen molar-refractivity contribution in [1.82, 2.24) is 9.80 Å². The van der Waals surface area contributed by atoms with Crippen molar-refractivity contribution in [2.45, 2.75) is 58.0 Å². The van der Waals surface area contributed by atoms with Crippen LogP contribution in [0.5, 0.6) is 0 Å². The summed E-state index contributed by atoms with van der Waals surface area (Å²) in [6.07, 6.45) is 5.64. The molecule has 2 unspecified atom stereocenters. The molecule has 0 aromatic carbocycles. The number of likely N-dealkylation sites (tertiary alicyclic amines) is 2. The minimum Gasteiger partial charge on any atom is -0.301 e. The first-order valence-electron chi connectivity index (χ1n) is 6.99. The average Bonchev–Trinajstić information content (AvgIpc) is 2.28. The van der Waals surface area contributed by atoms with E-state index in [4.69, 9.17) is 0 Å². The van der Waals surface area contributed by atoms with Crippen LogP contribution in [0.2, 0.25) is 0 Å². The van der Waals surface area contributed by atoms with E-state index < -0.39 is 0 Å². The quantitative estimate of drug-likeness (QED) is 0.675. The largest absolute Gasteiger partial charge is 0.301 e. The van der Waals surface area contributed by atoms with Crippen LogP contribution in [0.25, 0.3) is 0 Å². The number of hydrogen-bond donors (Lipinski definition) is 0. The lowest BCUT2D eigenvalue weighted by atomic mass is 9.76. The van der Waals surface area contributed by atoms with E-state index in [-0.39, 0.29) is 0 Å². The van der Waals surface area contributed by atoms with Gasteiger partial charge in [0.25, 0.3) is 0 Å². The minimum atomic E-state index is 0.361. The lowest BCUT2D eigenvalue weighted by Gasteiger charge is -2.52. The number of rotatable bonds is 1. The van der Waals surface area contributed by atoms with E-state index in [1.54, 1.807) is 0 Å². The minimum absolute atomic E-state index is 0.361. The maximum absolute atomic E-state index is 2.77. The first-order valence-corrected chi connectivity index (χ1v) is 6.99. The van der Waals surface area contributed by atoms with Crippen LogP contribution in [-0.4, -0.2) is 48.1 Å². The van der Waals surface area contributed by atoms with E-state index in [0.717, 1.165) is 12.0 Å². The second kappa shape index (κ2) is 4.66. The first-order chi connectivity index (χ1) is 7.53. The molecule has 0 bridgehead atoms. The highest BCUT2D eigenvalue weighted by atomic mass is 15.2. The number of nitrogens with zero attached hydrogens (tertiary/aromatic N) is 2. The molecule has 0 amide bonds. The van der Waals surface area contributed by atoms with Crippen molar-refractivity contribution in [3.05, 3.63) is 0 Å². The average molecular weight is 224 g/mol. The molecule has 0 saturated carbocycles. The van der Waals surface area contributed by atoms with E-state index in [0.29, 0.717) is 5.54 Å². The Hall–Kier alpha value is -0.0800. The Kier molecular flexibility index (Phi) is 3.60. The van der Waals surface area contributed by atoms with Gasteiger partial charge in [0.2, 0.25) is 0 Å². The Balaban J connectivity index is 2.05. The van der Waals surface area contributed by atoms with Crippen molar-refractivity contribution in [3.8, 4) is 0 Å². The standard InChI is InChI=1S/C14H28N2/c1-12-13(16-9-6-5-7-10-16)8-11-15(4)14(12,2)3/h12-13H,5-11H2,1-4H3. The summed E-state index contributed by atoms with van der Waals surface area (Å²) < 4.78 is 0. The summed E-state index contributed by atoms with van der Waals surface area (Å²) in [5.74, 6) is 0.782. The van der Waals surface area contributed by atoms with Crippen molar-refractivity contribution >= 4 is 0 Å². The third-order valence-corrected chi connectivity index (χ3v) is 5.30. The Bertz CT molecular complexity index is 231. The van der Waals surface area contributed by atoms with Gasteiger partial charge in [-0.15, -0.1) is 0 Å². The van der Waals surface area contributed by atoms with Gasteiger partial charge in [-0.25, -0.2) is 0 Å². The van der Waals surface area contributed by atoms with Crippen LogP contribution in [0.15, 0.2) is 0 Å². The highest BCUT2D eigenvalue weighted by molar-refractivity contribution is 4.97. The van der Waals surface area contributed by atoms with Crippen LogP contribution in [0.4, 0.5) is 0 Å². The van der Waals surface area contributed by atoms with Gasteiger partial charge >= 0.3 is 0 Å². The number of piperidine rings is 2. The highest BCUT2D eigenvalue weighted by Gasteiger charge is 2.41. The van der Waals surface area contributed by atoms with Gasteiger partial charge in [0.05, 0.1) is 0 Å². The van der Waals surface area contributed by atoms with Crippen LogP contribution in [0.3, 0.4) is 0 Å². The molecule has 2 aliphatic heterocycles. The fourth-order valence-electron chi connectivity index (χ4n) is 3.43. The van der Waals surface area contributed by atoms with Gasteiger partial charge in [-0.3, -0.25) is 0 Å². The molecule has 2 atom stereocenters. The normalized spacial score (nSPS) is 37.5. The van der Waals surface area contributed by atoms with Crippen molar-refractivity contribution < 1.29 is 0 Å². The molecule has 0 N–H and O–H groups in total. The van der Waals surface area contributed by atoms with Gasteiger partial charge < -0.3 is 9.80 Å². The summed E-state index contributed by atoms with van der Waals surface area (Å²) in [5, 5.41) is 0. The van der Waals surface area contributed by atoms with E-state index in [1.807, 2.05) is 0 Å². The second-order valence-electron chi connectivity index (χ2n) is 6.32. The molecule has 2 heteroatoms. The summed E-state index contributed by atoms with van der Waals surface area (Å²) in [5.41, 5.74) is 0.361. The van der Waals surface area contributed by atoms with Crippen molar-refractivity contribution in [3.63, 3.8) is 0 Å². The van der Waals surface area contributed by atoms with Crippen molar-refractivity contribution in [2.75, 3.05) is 26.7 Å². The molecule has 0 aromatic rings. The van der Waals surface area contributed by atoms with Gasteiger partial charge in [-0.1, -0.05) is 13.3 Å². The molecule has 94 valence electrons. The fraction of sp³-hybridized carbons (Fsp3) is 1.00. The first kappa shape index (κ1) is 12.4. The molecule has 0 spiro atoms. The Labute approximate surface area is 101 Å². The molecule has 2 nitrogen and oxygen atoms in total. The molecular formula is C14H28N2. The smallest absolute Gasteiger partial charge is 0.0190 e.